The molecular weight excluding hydrogens is 310 g/mol. The molecule has 4 nitrogen and oxygen atoms in total. The average Bonchev–Trinajstić information content (AvgIpc) is 3.12. The molecule has 128 valence electrons. The second-order valence-corrected chi connectivity index (χ2v) is 6.61. The molecule has 2 heterocycles. The van der Waals surface area contributed by atoms with Gasteiger partial charge in [-0.25, -0.2) is 0 Å². The van der Waals surface area contributed by atoms with E-state index in [9.17, 15) is 0 Å². The molecule has 1 aliphatic rings. The van der Waals surface area contributed by atoms with E-state index in [-0.39, 0.29) is 6.04 Å². The third kappa shape index (κ3) is 3.05. The lowest BCUT2D eigenvalue weighted by Crippen LogP contribution is -2.13. The third-order valence-corrected chi connectivity index (χ3v) is 5.03. The molecule has 3 aromatic rings. The van der Waals surface area contributed by atoms with Crippen LogP contribution < -0.4 is 10.5 Å². The predicted octanol–water partition coefficient (Wildman–Crippen LogP) is 4.01. The fourth-order valence-corrected chi connectivity index (χ4v) is 3.64. The number of rotatable bonds is 4. The van der Waals surface area contributed by atoms with Crippen LogP contribution in [0.15, 0.2) is 48.8 Å². The van der Waals surface area contributed by atoms with Crippen molar-refractivity contribution >= 4 is 0 Å². The van der Waals surface area contributed by atoms with E-state index in [1.54, 1.807) is 13.3 Å². The minimum absolute atomic E-state index is 0.270. The number of ether oxygens (including phenoxy) is 1. The maximum atomic E-state index is 6.51. The number of aryl methyl sites for hydroxylation is 2. The maximum Gasteiger partial charge on any atom is 0.124 e. The molecule has 0 saturated carbocycles. The maximum absolute atomic E-state index is 6.51. The summed E-state index contributed by atoms with van der Waals surface area (Å²) < 4.78 is 5.55. The van der Waals surface area contributed by atoms with Gasteiger partial charge in [-0.15, -0.1) is 0 Å². The zero-order valence-electron chi connectivity index (χ0n) is 14.5. The van der Waals surface area contributed by atoms with Crippen LogP contribution in [0.3, 0.4) is 0 Å². The topological polar surface area (TPSA) is 63.9 Å². The lowest BCUT2D eigenvalue weighted by Gasteiger charge is -2.17. The van der Waals surface area contributed by atoms with Crippen LogP contribution in [-0.4, -0.2) is 17.1 Å². The summed E-state index contributed by atoms with van der Waals surface area (Å²) in [5.41, 5.74) is 13.6. The second kappa shape index (κ2) is 6.73. The fraction of sp³-hybridized carbons (Fsp3) is 0.286. The summed E-state index contributed by atoms with van der Waals surface area (Å²) in [6, 6.07) is 12.1. The minimum atomic E-state index is -0.270. The number of benzene rings is 1. The van der Waals surface area contributed by atoms with Crippen LogP contribution in [0.25, 0.3) is 11.3 Å². The van der Waals surface area contributed by atoms with Crippen LogP contribution >= 0.6 is 0 Å². The Labute approximate surface area is 148 Å². The predicted molar refractivity (Wildman–Crippen MR) is 99.7 cm³/mol. The smallest absolute Gasteiger partial charge is 0.124 e. The van der Waals surface area contributed by atoms with Gasteiger partial charge in [0.25, 0.3) is 0 Å². The molecule has 1 aliphatic carbocycles. The molecule has 4 heteroatoms. The molecule has 1 unspecified atom stereocenters. The minimum Gasteiger partial charge on any atom is -0.496 e. The van der Waals surface area contributed by atoms with Crippen molar-refractivity contribution in [3.8, 4) is 17.0 Å². The first-order valence-corrected chi connectivity index (χ1v) is 8.81. The highest BCUT2D eigenvalue weighted by molar-refractivity contribution is 5.65. The number of methoxy groups -OCH3 is 1. The lowest BCUT2D eigenvalue weighted by molar-refractivity contribution is 0.408. The summed E-state index contributed by atoms with van der Waals surface area (Å²) >= 11 is 0. The second-order valence-electron chi connectivity index (χ2n) is 6.61. The number of H-pyrrole nitrogens is 1. The van der Waals surface area contributed by atoms with Crippen molar-refractivity contribution in [2.45, 2.75) is 31.7 Å². The normalized spacial score (nSPS) is 14.8. The Bertz CT molecular complexity index is 847. The van der Waals surface area contributed by atoms with Crippen molar-refractivity contribution in [1.82, 2.24) is 9.97 Å². The number of nitrogens with zero attached hydrogens (tertiary/aromatic N) is 1. The molecule has 0 bridgehead atoms. The largest absolute Gasteiger partial charge is 0.496 e. The highest BCUT2D eigenvalue weighted by Gasteiger charge is 2.18. The van der Waals surface area contributed by atoms with Gasteiger partial charge in [-0.2, -0.15) is 0 Å². The van der Waals surface area contributed by atoms with E-state index < -0.39 is 0 Å². The standard InChI is InChI=1S/C21H23N3O/c1-25-20-9-8-15(19-12-14-5-2-3-7-18(14)24-19)11-17(20)21(22)16-6-4-10-23-13-16/h4,6,8-13,21,24H,2-3,5,7,22H2,1H3. The summed E-state index contributed by atoms with van der Waals surface area (Å²) in [5.74, 6) is 0.802. The Morgan fingerprint density at radius 3 is 2.80 bits per heavy atom. The number of pyridine rings is 1. The first-order chi connectivity index (χ1) is 12.3. The van der Waals surface area contributed by atoms with Crippen molar-refractivity contribution in [1.29, 1.82) is 0 Å². The van der Waals surface area contributed by atoms with Crippen LogP contribution in [0.1, 0.15) is 41.3 Å². The van der Waals surface area contributed by atoms with Crippen LogP contribution in [0.2, 0.25) is 0 Å². The summed E-state index contributed by atoms with van der Waals surface area (Å²) in [4.78, 5) is 7.78. The van der Waals surface area contributed by atoms with E-state index in [1.165, 1.54) is 30.5 Å². The van der Waals surface area contributed by atoms with E-state index >= 15 is 0 Å². The zero-order chi connectivity index (χ0) is 17.2. The number of nitrogens with one attached hydrogen (secondary N) is 1. The Morgan fingerprint density at radius 2 is 2.04 bits per heavy atom. The Morgan fingerprint density at radius 1 is 1.16 bits per heavy atom. The van der Waals surface area contributed by atoms with E-state index in [1.807, 2.05) is 24.4 Å². The van der Waals surface area contributed by atoms with Crippen molar-refractivity contribution < 1.29 is 4.74 Å². The van der Waals surface area contributed by atoms with Crippen LogP contribution in [0, 0.1) is 0 Å². The van der Waals surface area contributed by atoms with Crippen molar-refractivity contribution in [3.63, 3.8) is 0 Å². The molecule has 0 fully saturated rings. The number of aromatic nitrogens is 2. The van der Waals surface area contributed by atoms with Crippen molar-refractivity contribution in [2.24, 2.45) is 5.73 Å². The molecule has 3 N–H and O–H groups in total. The van der Waals surface area contributed by atoms with E-state index in [0.29, 0.717) is 0 Å². The average molecular weight is 333 g/mol. The summed E-state index contributed by atoms with van der Waals surface area (Å²) in [6.07, 6.45) is 8.44. The molecule has 25 heavy (non-hydrogen) atoms. The zero-order valence-corrected chi connectivity index (χ0v) is 14.5. The Hall–Kier alpha value is -2.59. The first kappa shape index (κ1) is 15.9. The van der Waals surface area contributed by atoms with Crippen LogP contribution in [0.4, 0.5) is 0 Å². The van der Waals surface area contributed by atoms with Gasteiger partial charge in [0.05, 0.1) is 13.2 Å². The van der Waals surface area contributed by atoms with Crippen LogP contribution in [-0.2, 0) is 12.8 Å². The van der Waals surface area contributed by atoms with Gasteiger partial charge in [0.15, 0.2) is 0 Å². The van der Waals surface area contributed by atoms with Gasteiger partial charge >= 0.3 is 0 Å². The molecule has 0 radical (unpaired) electrons. The molecule has 1 aromatic carbocycles. The number of nitrogens with two attached hydrogens (primary N) is 1. The highest BCUT2D eigenvalue weighted by Crippen LogP contribution is 2.34. The van der Waals surface area contributed by atoms with Gasteiger partial charge < -0.3 is 15.5 Å². The highest BCUT2D eigenvalue weighted by atomic mass is 16.5. The Balaban J connectivity index is 1.74. The number of aromatic amines is 1. The summed E-state index contributed by atoms with van der Waals surface area (Å²) in [7, 11) is 1.68. The van der Waals surface area contributed by atoms with Gasteiger partial charge in [0.1, 0.15) is 5.75 Å². The molecule has 0 amide bonds. The summed E-state index contributed by atoms with van der Waals surface area (Å²) in [5, 5.41) is 0. The van der Waals surface area contributed by atoms with Crippen molar-refractivity contribution in [2.75, 3.05) is 7.11 Å². The van der Waals surface area contributed by atoms with Crippen molar-refractivity contribution in [3.05, 3.63) is 71.2 Å². The molecule has 4 rings (SSSR count). The van der Waals surface area contributed by atoms with E-state index in [0.717, 1.165) is 34.6 Å². The molecule has 2 aromatic heterocycles. The number of hydrogen-bond acceptors (Lipinski definition) is 3. The monoisotopic (exact) mass is 333 g/mol. The lowest BCUT2D eigenvalue weighted by atomic mass is 9.96. The van der Waals surface area contributed by atoms with E-state index in [2.05, 4.69) is 28.2 Å². The van der Waals surface area contributed by atoms with Crippen LogP contribution in [0.5, 0.6) is 5.75 Å². The van der Waals surface area contributed by atoms with Gasteiger partial charge in [-0.3, -0.25) is 4.98 Å². The summed E-state index contributed by atoms with van der Waals surface area (Å²) in [6.45, 7) is 0. The fourth-order valence-electron chi connectivity index (χ4n) is 3.64. The molecule has 0 saturated heterocycles. The molecule has 1 atom stereocenters. The van der Waals surface area contributed by atoms with E-state index in [4.69, 9.17) is 10.5 Å². The Kier molecular flexibility index (Phi) is 4.28. The SMILES string of the molecule is COc1ccc(-c2cc3c([nH]2)CCCC3)cc1C(N)c1cccnc1. The molecule has 0 spiro atoms. The molecule has 0 aliphatic heterocycles. The van der Waals surface area contributed by atoms with Gasteiger partial charge in [-0.1, -0.05) is 6.07 Å². The van der Waals surface area contributed by atoms with Gasteiger partial charge in [-0.05, 0) is 72.7 Å². The first-order valence-electron chi connectivity index (χ1n) is 8.81. The third-order valence-electron chi connectivity index (χ3n) is 5.03. The number of fused-ring (bicyclic) bond motifs is 1. The van der Waals surface area contributed by atoms with Gasteiger partial charge in [0.2, 0.25) is 0 Å². The number of hydrogen-bond donors (Lipinski definition) is 2. The van der Waals surface area contributed by atoms with Gasteiger partial charge in [0, 0.05) is 29.3 Å². The quantitative estimate of drug-likeness (QED) is 0.758. The molecular formula is C21H23N3O.